The molecule has 0 aliphatic heterocycles. The van der Waals surface area contributed by atoms with Gasteiger partial charge in [-0.05, 0) is 17.7 Å². The number of hydrogen-bond acceptors (Lipinski definition) is 5. The Balaban J connectivity index is 2.03. The molecule has 0 aliphatic rings. The molecular formula is C13H11N3O4. The van der Waals surface area contributed by atoms with Crippen molar-refractivity contribution in [1.82, 2.24) is 4.98 Å². The highest BCUT2D eigenvalue weighted by atomic mass is 16.6. The monoisotopic (exact) mass is 273 g/mol. The molecule has 2 rings (SSSR count). The van der Waals surface area contributed by atoms with Gasteiger partial charge in [0.1, 0.15) is 5.69 Å². The van der Waals surface area contributed by atoms with Crippen LogP contribution < -0.4 is 5.32 Å². The van der Waals surface area contributed by atoms with E-state index in [9.17, 15) is 14.9 Å². The molecule has 7 nitrogen and oxygen atoms in total. The maximum absolute atomic E-state index is 10.6. The Morgan fingerprint density at radius 2 is 2.15 bits per heavy atom. The molecule has 0 bridgehead atoms. The Bertz CT molecular complexity index is 640. The second kappa shape index (κ2) is 5.79. The second-order valence-corrected chi connectivity index (χ2v) is 4.02. The van der Waals surface area contributed by atoms with Gasteiger partial charge in [0.25, 0.3) is 5.69 Å². The van der Waals surface area contributed by atoms with E-state index >= 15 is 0 Å². The zero-order chi connectivity index (χ0) is 14.5. The highest BCUT2D eigenvalue weighted by Gasteiger charge is 2.06. The number of carbonyl (C=O) groups is 1. The van der Waals surface area contributed by atoms with Crippen LogP contribution in [0.3, 0.4) is 0 Å². The summed E-state index contributed by atoms with van der Waals surface area (Å²) in [7, 11) is 0. The fraction of sp³-hybridized carbons (Fsp3) is 0.0769. The van der Waals surface area contributed by atoms with Crippen molar-refractivity contribution in [3.8, 4) is 0 Å². The topological polar surface area (TPSA) is 105 Å². The maximum Gasteiger partial charge on any atom is 0.354 e. The van der Waals surface area contributed by atoms with Crippen molar-refractivity contribution in [2.24, 2.45) is 0 Å². The molecule has 102 valence electrons. The number of aromatic nitrogens is 1. The molecule has 0 saturated carbocycles. The molecule has 2 aromatic rings. The summed E-state index contributed by atoms with van der Waals surface area (Å²) in [5.74, 6) is -1.09. The summed E-state index contributed by atoms with van der Waals surface area (Å²) < 4.78 is 0. The van der Waals surface area contributed by atoms with E-state index in [1.807, 2.05) is 0 Å². The van der Waals surface area contributed by atoms with Gasteiger partial charge in [-0.15, -0.1) is 0 Å². The van der Waals surface area contributed by atoms with Gasteiger partial charge in [0.15, 0.2) is 0 Å². The molecule has 1 aromatic carbocycles. The zero-order valence-electron chi connectivity index (χ0n) is 10.3. The van der Waals surface area contributed by atoms with Crippen LogP contribution in [-0.2, 0) is 6.54 Å². The number of rotatable bonds is 5. The number of benzene rings is 1. The smallest absolute Gasteiger partial charge is 0.354 e. The zero-order valence-corrected chi connectivity index (χ0v) is 10.3. The molecule has 0 atom stereocenters. The molecule has 20 heavy (non-hydrogen) atoms. The summed E-state index contributed by atoms with van der Waals surface area (Å²) in [6.45, 7) is 0.385. The molecule has 7 heteroatoms. The van der Waals surface area contributed by atoms with Gasteiger partial charge in [-0.2, -0.15) is 0 Å². The molecule has 0 spiro atoms. The number of nitro groups is 1. The Morgan fingerprint density at radius 3 is 2.75 bits per heavy atom. The Labute approximate surface area is 114 Å². The van der Waals surface area contributed by atoms with E-state index < -0.39 is 10.9 Å². The maximum atomic E-state index is 10.6. The number of aromatic carboxylic acids is 1. The van der Waals surface area contributed by atoms with Crippen molar-refractivity contribution < 1.29 is 14.8 Å². The normalized spacial score (nSPS) is 10.0. The fourth-order valence-corrected chi connectivity index (χ4v) is 1.61. The number of non-ortho nitro benzene ring substituents is 1. The third kappa shape index (κ3) is 3.29. The van der Waals surface area contributed by atoms with Gasteiger partial charge >= 0.3 is 5.97 Å². The average Bonchev–Trinajstić information content (AvgIpc) is 2.46. The van der Waals surface area contributed by atoms with Gasteiger partial charge in [0.2, 0.25) is 0 Å². The molecule has 0 amide bonds. The summed E-state index contributed by atoms with van der Waals surface area (Å²) >= 11 is 0. The first-order chi connectivity index (χ1) is 9.56. The van der Waals surface area contributed by atoms with Gasteiger partial charge in [-0.1, -0.05) is 12.1 Å². The first-order valence-corrected chi connectivity index (χ1v) is 5.73. The van der Waals surface area contributed by atoms with Crippen molar-refractivity contribution in [3.05, 3.63) is 64.0 Å². The van der Waals surface area contributed by atoms with Crippen LogP contribution in [0.4, 0.5) is 11.4 Å². The van der Waals surface area contributed by atoms with E-state index in [1.165, 1.54) is 24.4 Å². The van der Waals surface area contributed by atoms with Gasteiger partial charge in [0, 0.05) is 18.7 Å². The van der Waals surface area contributed by atoms with E-state index in [2.05, 4.69) is 10.3 Å². The number of nitrogens with zero attached hydrogens (tertiary/aromatic N) is 2. The van der Waals surface area contributed by atoms with Crippen LogP contribution in [0.2, 0.25) is 0 Å². The largest absolute Gasteiger partial charge is 0.477 e. The number of anilines is 1. The average molecular weight is 273 g/mol. The first-order valence-electron chi connectivity index (χ1n) is 5.73. The van der Waals surface area contributed by atoms with Crippen LogP contribution in [0.15, 0.2) is 42.6 Å². The summed E-state index contributed by atoms with van der Waals surface area (Å²) in [5, 5.41) is 22.4. The molecule has 0 unspecified atom stereocenters. The van der Waals surface area contributed by atoms with Crippen molar-refractivity contribution in [3.63, 3.8) is 0 Å². The highest BCUT2D eigenvalue weighted by Crippen LogP contribution is 2.14. The summed E-state index contributed by atoms with van der Waals surface area (Å²) in [4.78, 5) is 24.6. The SMILES string of the molecule is O=C(O)c1ccc(NCc2cccc([N+](=O)[O-])c2)cn1. The van der Waals surface area contributed by atoms with Crippen molar-refractivity contribution in [2.45, 2.75) is 6.54 Å². The number of carboxylic acid groups (broad SMARTS) is 1. The molecule has 0 aliphatic carbocycles. The molecule has 0 radical (unpaired) electrons. The van der Waals surface area contributed by atoms with Crippen molar-refractivity contribution in [1.29, 1.82) is 0 Å². The highest BCUT2D eigenvalue weighted by molar-refractivity contribution is 5.85. The third-order valence-corrected chi connectivity index (χ3v) is 2.60. The number of nitrogens with one attached hydrogen (secondary N) is 1. The Kier molecular flexibility index (Phi) is 3.90. The fourth-order valence-electron chi connectivity index (χ4n) is 1.61. The quantitative estimate of drug-likeness (QED) is 0.639. The standard InChI is InChI=1S/C13H11N3O4/c17-13(18)12-5-4-10(8-15-12)14-7-9-2-1-3-11(6-9)16(19)20/h1-6,8,14H,7H2,(H,17,18). The third-order valence-electron chi connectivity index (χ3n) is 2.60. The van der Waals surface area contributed by atoms with Crippen LogP contribution in [-0.4, -0.2) is 21.0 Å². The second-order valence-electron chi connectivity index (χ2n) is 4.02. The molecular weight excluding hydrogens is 262 g/mol. The first kappa shape index (κ1) is 13.5. The van der Waals surface area contributed by atoms with Gasteiger partial charge in [-0.25, -0.2) is 9.78 Å². The molecule has 0 saturated heterocycles. The minimum atomic E-state index is -1.09. The minimum absolute atomic E-state index is 0.0312. The summed E-state index contributed by atoms with van der Waals surface area (Å²) in [6, 6.07) is 9.25. The van der Waals surface area contributed by atoms with Crippen molar-refractivity contribution in [2.75, 3.05) is 5.32 Å². The molecule has 2 N–H and O–H groups in total. The number of nitro benzene ring substituents is 1. The van der Waals surface area contributed by atoms with Crippen LogP contribution in [0.1, 0.15) is 16.1 Å². The lowest BCUT2D eigenvalue weighted by Gasteiger charge is -2.06. The number of carboxylic acids is 1. The van der Waals surface area contributed by atoms with E-state index in [1.54, 1.807) is 18.2 Å². The Hall–Kier alpha value is -2.96. The van der Waals surface area contributed by atoms with Crippen LogP contribution >= 0.6 is 0 Å². The molecule has 1 heterocycles. The lowest BCUT2D eigenvalue weighted by molar-refractivity contribution is -0.384. The Morgan fingerprint density at radius 1 is 1.35 bits per heavy atom. The van der Waals surface area contributed by atoms with Gasteiger partial charge < -0.3 is 10.4 Å². The van der Waals surface area contributed by atoms with Crippen molar-refractivity contribution >= 4 is 17.3 Å². The number of pyridine rings is 1. The summed E-state index contributed by atoms with van der Waals surface area (Å²) in [6.07, 6.45) is 1.40. The van der Waals surface area contributed by atoms with Gasteiger partial charge in [-0.3, -0.25) is 10.1 Å². The lowest BCUT2D eigenvalue weighted by atomic mass is 10.2. The van der Waals surface area contributed by atoms with E-state index in [0.717, 1.165) is 5.56 Å². The van der Waals surface area contributed by atoms with Crippen LogP contribution in [0.25, 0.3) is 0 Å². The van der Waals surface area contributed by atoms with Gasteiger partial charge in [0.05, 0.1) is 16.8 Å². The molecule has 0 fully saturated rings. The lowest BCUT2D eigenvalue weighted by Crippen LogP contribution is -2.03. The molecule has 1 aromatic heterocycles. The van der Waals surface area contributed by atoms with Crippen LogP contribution in [0.5, 0.6) is 0 Å². The van der Waals surface area contributed by atoms with E-state index in [0.29, 0.717) is 12.2 Å². The number of hydrogen-bond donors (Lipinski definition) is 2. The predicted molar refractivity (Wildman–Crippen MR) is 71.6 cm³/mol. The van der Waals surface area contributed by atoms with E-state index in [4.69, 9.17) is 5.11 Å². The van der Waals surface area contributed by atoms with Crippen LogP contribution in [0, 0.1) is 10.1 Å². The predicted octanol–water partition coefficient (Wildman–Crippen LogP) is 2.30. The minimum Gasteiger partial charge on any atom is -0.477 e. The van der Waals surface area contributed by atoms with E-state index in [-0.39, 0.29) is 11.4 Å². The summed E-state index contributed by atoms with van der Waals surface area (Å²) in [5.41, 5.74) is 1.39.